The van der Waals surface area contributed by atoms with E-state index in [2.05, 4.69) is 23.7 Å². The van der Waals surface area contributed by atoms with Crippen LogP contribution in [0, 0.1) is 0 Å². The topological polar surface area (TPSA) is 50.5 Å². The number of aliphatic hydroxyl groups is 1. The van der Waals surface area contributed by atoms with E-state index < -0.39 is 6.10 Å². The van der Waals surface area contributed by atoms with Gasteiger partial charge in [-0.15, -0.1) is 0 Å². The molecule has 0 radical (unpaired) electrons. The van der Waals surface area contributed by atoms with E-state index in [0.29, 0.717) is 5.82 Å². The van der Waals surface area contributed by atoms with Gasteiger partial charge in [0.15, 0.2) is 0 Å². The van der Waals surface area contributed by atoms with Gasteiger partial charge in [-0.2, -0.15) is 0 Å². The molecular weight excluding hydrogens is 218 g/mol. The van der Waals surface area contributed by atoms with E-state index >= 15 is 0 Å². The lowest BCUT2D eigenvalue weighted by Crippen LogP contribution is -2.53. The summed E-state index contributed by atoms with van der Waals surface area (Å²) in [5, 5.41) is 10.5. The van der Waals surface area contributed by atoms with Gasteiger partial charge >= 0.3 is 0 Å². The second kappa shape index (κ2) is 4.76. The summed E-state index contributed by atoms with van der Waals surface area (Å²) in [7, 11) is 1.90. The molecule has 17 heavy (non-hydrogen) atoms. The molecule has 1 fully saturated rings. The Morgan fingerprint density at radius 2 is 2.06 bits per heavy atom. The maximum atomic E-state index is 10.5. The lowest BCUT2D eigenvalue weighted by molar-refractivity contribution is -0.0663. The van der Waals surface area contributed by atoms with Crippen molar-refractivity contribution in [2.45, 2.75) is 25.5 Å². The van der Waals surface area contributed by atoms with Gasteiger partial charge in [0.05, 0.1) is 13.2 Å². The Morgan fingerprint density at radius 3 is 2.59 bits per heavy atom. The Labute approximate surface area is 102 Å². The minimum atomic E-state index is -0.597. The summed E-state index contributed by atoms with van der Waals surface area (Å²) in [6.07, 6.45) is 2.97. The van der Waals surface area contributed by atoms with Crippen molar-refractivity contribution in [1.82, 2.24) is 14.5 Å². The van der Waals surface area contributed by atoms with Crippen molar-refractivity contribution < 1.29 is 9.84 Å². The fourth-order valence-corrected chi connectivity index (χ4v) is 2.27. The maximum absolute atomic E-state index is 10.5. The number of imidazole rings is 1. The molecule has 5 nitrogen and oxygen atoms in total. The number of aromatic nitrogens is 2. The third kappa shape index (κ3) is 2.36. The van der Waals surface area contributed by atoms with Gasteiger partial charge in [0.1, 0.15) is 11.9 Å². The minimum absolute atomic E-state index is 0.330. The average Bonchev–Trinajstić information content (AvgIpc) is 2.75. The van der Waals surface area contributed by atoms with Gasteiger partial charge in [-0.1, -0.05) is 0 Å². The van der Waals surface area contributed by atoms with Gasteiger partial charge in [-0.3, -0.25) is 4.90 Å². The second-order valence-corrected chi connectivity index (χ2v) is 5.05. The summed E-state index contributed by atoms with van der Waals surface area (Å²) >= 11 is 0. The SMILES string of the molecule is Cn1ccnc1C(O)C(C)(C)N1CCOCC1. The lowest BCUT2D eigenvalue weighted by Gasteiger charge is -2.43. The molecule has 0 saturated carbocycles. The summed E-state index contributed by atoms with van der Waals surface area (Å²) in [6, 6.07) is 0. The average molecular weight is 239 g/mol. The Morgan fingerprint density at radius 1 is 1.41 bits per heavy atom. The zero-order valence-corrected chi connectivity index (χ0v) is 10.8. The number of hydrogen-bond acceptors (Lipinski definition) is 4. The molecule has 1 aliphatic rings. The highest BCUT2D eigenvalue weighted by Gasteiger charge is 2.37. The Bertz CT molecular complexity index is 370. The molecule has 1 atom stereocenters. The van der Waals surface area contributed by atoms with Gasteiger partial charge in [-0.05, 0) is 13.8 Å². The van der Waals surface area contributed by atoms with E-state index in [1.54, 1.807) is 6.20 Å². The molecule has 1 N–H and O–H groups in total. The molecule has 1 saturated heterocycles. The molecule has 0 bridgehead atoms. The Kier molecular flexibility index (Phi) is 3.51. The number of ether oxygens (including phenoxy) is 1. The highest BCUT2D eigenvalue weighted by Crippen LogP contribution is 2.30. The smallest absolute Gasteiger partial charge is 0.139 e. The highest BCUT2D eigenvalue weighted by atomic mass is 16.5. The van der Waals surface area contributed by atoms with Crippen molar-refractivity contribution in [2.24, 2.45) is 7.05 Å². The molecule has 0 aliphatic carbocycles. The normalized spacial score (nSPS) is 20.5. The summed E-state index contributed by atoms with van der Waals surface area (Å²) in [6.45, 7) is 7.28. The van der Waals surface area contributed by atoms with Crippen LogP contribution in [0.3, 0.4) is 0 Å². The molecule has 5 heteroatoms. The molecule has 1 unspecified atom stereocenters. The van der Waals surface area contributed by atoms with Gasteiger partial charge in [0, 0.05) is 38.1 Å². The third-order valence-corrected chi connectivity index (χ3v) is 3.60. The molecule has 0 amide bonds. The zero-order chi connectivity index (χ0) is 12.5. The Balaban J connectivity index is 2.16. The standard InChI is InChI=1S/C12H21N3O2/c1-12(2,15-6-8-17-9-7-15)10(16)11-13-4-5-14(11)3/h4-5,10,16H,6-9H2,1-3H3. The van der Waals surface area contributed by atoms with Crippen molar-refractivity contribution in [3.8, 4) is 0 Å². The predicted octanol–water partition coefficient (Wildman–Crippen LogP) is 0.564. The van der Waals surface area contributed by atoms with Gasteiger partial charge < -0.3 is 14.4 Å². The van der Waals surface area contributed by atoms with Gasteiger partial charge in [0.2, 0.25) is 0 Å². The first-order valence-corrected chi connectivity index (χ1v) is 6.01. The van der Waals surface area contributed by atoms with E-state index in [9.17, 15) is 5.11 Å². The number of hydrogen-bond donors (Lipinski definition) is 1. The van der Waals surface area contributed by atoms with Crippen LogP contribution in [0.1, 0.15) is 25.8 Å². The molecule has 0 spiro atoms. The van der Waals surface area contributed by atoms with Crippen LogP contribution in [0.4, 0.5) is 0 Å². The molecule has 2 heterocycles. The molecule has 1 aliphatic heterocycles. The molecule has 1 aromatic rings. The van der Waals surface area contributed by atoms with Crippen LogP contribution in [0.15, 0.2) is 12.4 Å². The van der Waals surface area contributed by atoms with E-state index in [4.69, 9.17) is 4.74 Å². The van der Waals surface area contributed by atoms with Gasteiger partial charge in [-0.25, -0.2) is 4.98 Å². The predicted molar refractivity (Wildman–Crippen MR) is 64.6 cm³/mol. The van der Waals surface area contributed by atoms with Crippen molar-refractivity contribution in [3.63, 3.8) is 0 Å². The largest absolute Gasteiger partial charge is 0.383 e. The summed E-state index contributed by atoms with van der Waals surface area (Å²) in [5.74, 6) is 0.710. The monoisotopic (exact) mass is 239 g/mol. The quantitative estimate of drug-likeness (QED) is 0.837. The number of rotatable bonds is 3. The molecule has 1 aromatic heterocycles. The van der Waals surface area contributed by atoms with Crippen LogP contribution in [-0.4, -0.2) is 51.4 Å². The van der Waals surface area contributed by atoms with Crippen LogP contribution in [0.2, 0.25) is 0 Å². The second-order valence-electron chi connectivity index (χ2n) is 5.05. The molecule has 2 rings (SSSR count). The first kappa shape index (κ1) is 12.5. The van der Waals surface area contributed by atoms with Gasteiger partial charge in [0.25, 0.3) is 0 Å². The summed E-state index contributed by atoms with van der Waals surface area (Å²) < 4.78 is 7.21. The van der Waals surface area contributed by atoms with Crippen molar-refractivity contribution in [3.05, 3.63) is 18.2 Å². The lowest BCUT2D eigenvalue weighted by atomic mass is 9.93. The Hall–Kier alpha value is -0.910. The molecule has 0 aromatic carbocycles. The summed E-state index contributed by atoms with van der Waals surface area (Å²) in [5.41, 5.74) is -0.330. The first-order valence-electron chi connectivity index (χ1n) is 6.01. The highest BCUT2D eigenvalue weighted by molar-refractivity contribution is 5.04. The molecule has 96 valence electrons. The number of nitrogens with zero attached hydrogens (tertiary/aromatic N) is 3. The van der Waals surface area contributed by atoms with Crippen LogP contribution in [-0.2, 0) is 11.8 Å². The van der Waals surface area contributed by atoms with E-state index in [1.807, 2.05) is 17.8 Å². The minimum Gasteiger partial charge on any atom is -0.383 e. The number of aliphatic hydroxyl groups excluding tert-OH is 1. The fourth-order valence-electron chi connectivity index (χ4n) is 2.27. The fraction of sp³-hybridized carbons (Fsp3) is 0.750. The van der Waals surface area contributed by atoms with Crippen molar-refractivity contribution >= 4 is 0 Å². The third-order valence-electron chi connectivity index (χ3n) is 3.60. The van der Waals surface area contributed by atoms with E-state index in [-0.39, 0.29) is 5.54 Å². The maximum Gasteiger partial charge on any atom is 0.139 e. The number of morpholine rings is 1. The summed E-state index contributed by atoms with van der Waals surface area (Å²) in [4.78, 5) is 6.49. The number of aryl methyl sites for hydroxylation is 1. The van der Waals surface area contributed by atoms with Crippen molar-refractivity contribution in [2.75, 3.05) is 26.3 Å². The molecular formula is C12H21N3O2. The first-order chi connectivity index (χ1) is 8.03. The van der Waals surface area contributed by atoms with E-state index in [0.717, 1.165) is 26.3 Å². The van der Waals surface area contributed by atoms with Crippen LogP contribution in [0.5, 0.6) is 0 Å². The van der Waals surface area contributed by atoms with Crippen LogP contribution >= 0.6 is 0 Å². The van der Waals surface area contributed by atoms with Crippen LogP contribution in [0.25, 0.3) is 0 Å². The van der Waals surface area contributed by atoms with E-state index in [1.165, 1.54) is 0 Å². The van der Waals surface area contributed by atoms with Crippen molar-refractivity contribution in [1.29, 1.82) is 0 Å². The zero-order valence-electron chi connectivity index (χ0n) is 10.8. The van der Waals surface area contributed by atoms with Crippen LogP contribution < -0.4 is 0 Å².